The van der Waals surface area contributed by atoms with Crippen LogP contribution in [0, 0.1) is 0 Å². The zero-order chi connectivity index (χ0) is 12.0. The fourth-order valence-electron chi connectivity index (χ4n) is 1.69. The Morgan fingerprint density at radius 2 is 2.12 bits per heavy atom. The average Bonchev–Trinajstić information content (AvgIpc) is 2.35. The highest BCUT2D eigenvalue weighted by Crippen LogP contribution is 2.08. The summed E-state index contributed by atoms with van der Waals surface area (Å²) in [7, 11) is 0. The van der Waals surface area contributed by atoms with E-state index < -0.39 is 0 Å². The first-order chi connectivity index (χ1) is 7.72. The molecule has 0 aliphatic carbocycles. The summed E-state index contributed by atoms with van der Waals surface area (Å²) >= 11 is 0. The molecule has 0 saturated carbocycles. The van der Waals surface area contributed by atoms with Crippen LogP contribution in [0.25, 0.3) is 0 Å². The first-order valence-corrected chi connectivity index (χ1v) is 5.81. The third-order valence-corrected chi connectivity index (χ3v) is 2.57. The van der Waals surface area contributed by atoms with Crippen LogP contribution in [-0.2, 0) is 6.54 Å². The molecule has 0 heterocycles. The van der Waals surface area contributed by atoms with Crippen LogP contribution in [-0.4, -0.2) is 23.9 Å². The Labute approximate surface area is 97.2 Å². The number of benzene rings is 1. The maximum Gasteiger partial charge on any atom is 0.253 e. The van der Waals surface area contributed by atoms with Gasteiger partial charge >= 0.3 is 0 Å². The number of hydrogen-bond donors (Lipinski definition) is 1. The minimum atomic E-state index is 0.0969. The SMILES string of the molecule is CCCN(CC)C(=O)c1cccc(CN)c1. The van der Waals surface area contributed by atoms with Gasteiger partial charge in [-0.25, -0.2) is 0 Å². The standard InChI is InChI=1S/C13H20N2O/c1-3-8-15(4-2)13(16)12-7-5-6-11(9-12)10-14/h5-7,9H,3-4,8,10,14H2,1-2H3. The molecule has 0 aliphatic rings. The molecule has 1 aromatic carbocycles. The molecule has 0 radical (unpaired) electrons. The van der Waals surface area contributed by atoms with Crippen molar-refractivity contribution in [1.82, 2.24) is 4.90 Å². The van der Waals surface area contributed by atoms with E-state index >= 15 is 0 Å². The topological polar surface area (TPSA) is 46.3 Å². The number of nitrogens with zero attached hydrogens (tertiary/aromatic N) is 1. The molecule has 16 heavy (non-hydrogen) atoms. The molecule has 0 unspecified atom stereocenters. The molecular weight excluding hydrogens is 200 g/mol. The summed E-state index contributed by atoms with van der Waals surface area (Å²) in [5, 5.41) is 0. The van der Waals surface area contributed by atoms with Crippen molar-refractivity contribution in [2.45, 2.75) is 26.8 Å². The van der Waals surface area contributed by atoms with E-state index in [1.807, 2.05) is 36.1 Å². The number of nitrogens with two attached hydrogens (primary N) is 1. The summed E-state index contributed by atoms with van der Waals surface area (Å²) in [6.07, 6.45) is 0.982. The first-order valence-electron chi connectivity index (χ1n) is 5.81. The van der Waals surface area contributed by atoms with Crippen molar-refractivity contribution in [2.75, 3.05) is 13.1 Å². The summed E-state index contributed by atoms with van der Waals surface area (Å²) in [6, 6.07) is 7.54. The van der Waals surface area contributed by atoms with Crippen molar-refractivity contribution in [3.8, 4) is 0 Å². The van der Waals surface area contributed by atoms with Crippen LogP contribution in [0.3, 0.4) is 0 Å². The smallest absolute Gasteiger partial charge is 0.253 e. The van der Waals surface area contributed by atoms with Crippen molar-refractivity contribution < 1.29 is 4.79 Å². The largest absolute Gasteiger partial charge is 0.339 e. The molecule has 0 aliphatic heterocycles. The third kappa shape index (κ3) is 3.07. The molecule has 1 amide bonds. The third-order valence-electron chi connectivity index (χ3n) is 2.57. The van der Waals surface area contributed by atoms with Gasteiger partial charge in [0.05, 0.1) is 0 Å². The minimum absolute atomic E-state index is 0.0969. The Bertz CT molecular complexity index is 350. The van der Waals surface area contributed by atoms with Gasteiger partial charge in [0.25, 0.3) is 5.91 Å². The quantitative estimate of drug-likeness (QED) is 0.825. The van der Waals surface area contributed by atoms with Gasteiger partial charge in [0, 0.05) is 25.2 Å². The van der Waals surface area contributed by atoms with E-state index in [9.17, 15) is 4.79 Å². The summed E-state index contributed by atoms with van der Waals surface area (Å²) < 4.78 is 0. The molecule has 88 valence electrons. The number of hydrogen-bond acceptors (Lipinski definition) is 2. The maximum atomic E-state index is 12.1. The van der Waals surface area contributed by atoms with Crippen LogP contribution >= 0.6 is 0 Å². The summed E-state index contributed by atoms with van der Waals surface area (Å²) in [5.74, 6) is 0.0969. The lowest BCUT2D eigenvalue weighted by Gasteiger charge is -2.20. The Hall–Kier alpha value is -1.35. The van der Waals surface area contributed by atoms with Gasteiger partial charge in [-0.3, -0.25) is 4.79 Å². The fourth-order valence-corrected chi connectivity index (χ4v) is 1.69. The molecule has 0 fully saturated rings. The van der Waals surface area contributed by atoms with E-state index in [4.69, 9.17) is 5.73 Å². The van der Waals surface area contributed by atoms with Gasteiger partial charge < -0.3 is 10.6 Å². The van der Waals surface area contributed by atoms with E-state index in [1.54, 1.807) is 0 Å². The number of carbonyl (C=O) groups is 1. The normalized spacial score (nSPS) is 10.2. The number of rotatable bonds is 5. The van der Waals surface area contributed by atoms with Gasteiger partial charge in [-0.05, 0) is 31.0 Å². The highest BCUT2D eigenvalue weighted by molar-refractivity contribution is 5.94. The molecule has 2 N–H and O–H groups in total. The van der Waals surface area contributed by atoms with Gasteiger partial charge in [-0.1, -0.05) is 19.1 Å². The van der Waals surface area contributed by atoms with Crippen molar-refractivity contribution in [2.24, 2.45) is 5.73 Å². The highest BCUT2D eigenvalue weighted by Gasteiger charge is 2.12. The van der Waals surface area contributed by atoms with E-state index in [0.717, 1.165) is 30.6 Å². The monoisotopic (exact) mass is 220 g/mol. The molecule has 1 aromatic rings. The van der Waals surface area contributed by atoms with E-state index in [0.29, 0.717) is 6.54 Å². The first kappa shape index (κ1) is 12.7. The Morgan fingerprint density at radius 3 is 2.69 bits per heavy atom. The molecule has 0 bridgehead atoms. The van der Waals surface area contributed by atoms with Gasteiger partial charge in [0.1, 0.15) is 0 Å². The summed E-state index contributed by atoms with van der Waals surface area (Å²) in [4.78, 5) is 14.0. The lowest BCUT2D eigenvalue weighted by molar-refractivity contribution is 0.0764. The van der Waals surface area contributed by atoms with Crippen molar-refractivity contribution >= 4 is 5.91 Å². The molecule has 0 atom stereocenters. The van der Waals surface area contributed by atoms with E-state index in [-0.39, 0.29) is 5.91 Å². The minimum Gasteiger partial charge on any atom is -0.339 e. The maximum absolute atomic E-state index is 12.1. The van der Waals surface area contributed by atoms with Crippen LogP contribution in [0.4, 0.5) is 0 Å². The van der Waals surface area contributed by atoms with Crippen molar-refractivity contribution in [3.63, 3.8) is 0 Å². The number of carbonyl (C=O) groups excluding carboxylic acids is 1. The Balaban J connectivity index is 2.85. The zero-order valence-electron chi connectivity index (χ0n) is 10.1. The molecule has 3 nitrogen and oxygen atoms in total. The predicted octanol–water partition coefficient (Wildman–Crippen LogP) is 2.02. The van der Waals surface area contributed by atoms with Gasteiger partial charge in [-0.15, -0.1) is 0 Å². The summed E-state index contributed by atoms with van der Waals surface area (Å²) in [6.45, 7) is 6.11. The van der Waals surface area contributed by atoms with Crippen molar-refractivity contribution in [3.05, 3.63) is 35.4 Å². The molecule has 1 rings (SSSR count). The van der Waals surface area contributed by atoms with Gasteiger partial charge in [-0.2, -0.15) is 0 Å². The van der Waals surface area contributed by atoms with Crippen molar-refractivity contribution in [1.29, 1.82) is 0 Å². The average molecular weight is 220 g/mol. The second-order valence-corrected chi connectivity index (χ2v) is 3.79. The molecular formula is C13H20N2O. The molecule has 0 saturated heterocycles. The van der Waals surface area contributed by atoms with Crippen LogP contribution < -0.4 is 5.73 Å². The molecule has 0 spiro atoms. The molecule has 0 aromatic heterocycles. The second kappa shape index (κ2) is 6.28. The predicted molar refractivity (Wildman–Crippen MR) is 66.2 cm³/mol. The fraction of sp³-hybridized carbons (Fsp3) is 0.462. The van der Waals surface area contributed by atoms with Gasteiger partial charge in [0.2, 0.25) is 0 Å². The summed E-state index contributed by atoms with van der Waals surface area (Å²) in [5.41, 5.74) is 7.29. The number of amides is 1. The molecule has 3 heteroatoms. The van der Waals surface area contributed by atoms with Crippen LogP contribution in [0.1, 0.15) is 36.2 Å². The lowest BCUT2D eigenvalue weighted by Crippen LogP contribution is -2.31. The Morgan fingerprint density at radius 1 is 1.38 bits per heavy atom. The van der Waals surface area contributed by atoms with Crippen LogP contribution in [0.15, 0.2) is 24.3 Å². The van der Waals surface area contributed by atoms with E-state index in [2.05, 4.69) is 6.92 Å². The highest BCUT2D eigenvalue weighted by atomic mass is 16.2. The van der Waals surface area contributed by atoms with Gasteiger partial charge in [0.15, 0.2) is 0 Å². The zero-order valence-corrected chi connectivity index (χ0v) is 10.1. The van der Waals surface area contributed by atoms with Crippen LogP contribution in [0.2, 0.25) is 0 Å². The van der Waals surface area contributed by atoms with Crippen LogP contribution in [0.5, 0.6) is 0 Å². The Kier molecular flexibility index (Phi) is 4.99. The van der Waals surface area contributed by atoms with E-state index in [1.165, 1.54) is 0 Å². The second-order valence-electron chi connectivity index (χ2n) is 3.79. The lowest BCUT2D eigenvalue weighted by atomic mass is 10.1.